The van der Waals surface area contributed by atoms with E-state index in [0.717, 1.165) is 6.07 Å². The van der Waals surface area contributed by atoms with Crippen LogP contribution in [-0.2, 0) is 11.3 Å². The van der Waals surface area contributed by atoms with Gasteiger partial charge in [-0.05, 0) is 11.5 Å². The van der Waals surface area contributed by atoms with Crippen LogP contribution in [0.25, 0.3) is 0 Å². The highest BCUT2D eigenvalue weighted by molar-refractivity contribution is 5.94. The van der Waals surface area contributed by atoms with Crippen molar-refractivity contribution >= 4 is 17.6 Å². The van der Waals surface area contributed by atoms with E-state index in [1.165, 1.54) is 17.0 Å². The summed E-state index contributed by atoms with van der Waals surface area (Å²) in [6, 6.07) is 4.10. The molecule has 0 aromatic heterocycles. The number of carbonyl (C=O) groups excluding carboxylic acids is 1. The van der Waals surface area contributed by atoms with Gasteiger partial charge in [0, 0.05) is 25.6 Å². The standard InChI is InChI=1S/C13H14N2O5/c1-8-5-11(16)14(6-8)7-9-3-2-4-10(15(19)20)12(9)13(17)18/h2-4,8H,5-7H2,1H3,(H,17,18). The highest BCUT2D eigenvalue weighted by atomic mass is 16.6. The van der Waals surface area contributed by atoms with Crippen molar-refractivity contribution in [1.82, 2.24) is 4.90 Å². The third-order valence-corrected chi connectivity index (χ3v) is 3.31. The fraction of sp³-hybridized carbons (Fsp3) is 0.385. The summed E-state index contributed by atoms with van der Waals surface area (Å²) in [7, 11) is 0. The lowest BCUT2D eigenvalue weighted by Gasteiger charge is -2.17. The van der Waals surface area contributed by atoms with Crippen LogP contribution in [0.3, 0.4) is 0 Å². The Hall–Kier alpha value is -2.44. The molecule has 1 unspecified atom stereocenters. The highest BCUT2D eigenvalue weighted by Gasteiger charge is 2.29. The summed E-state index contributed by atoms with van der Waals surface area (Å²) in [4.78, 5) is 34.7. The number of carbonyl (C=O) groups is 2. The van der Waals surface area contributed by atoms with E-state index in [2.05, 4.69) is 0 Å². The Morgan fingerprint density at radius 2 is 2.25 bits per heavy atom. The predicted octanol–water partition coefficient (Wildman–Crippen LogP) is 1.66. The minimum absolute atomic E-state index is 0.0552. The van der Waals surface area contributed by atoms with Crippen LogP contribution in [0.4, 0.5) is 5.69 Å². The van der Waals surface area contributed by atoms with Crippen molar-refractivity contribution in [3.63, 3.8) is 0 Å². The Balaban J connectivity index is 2.37. The second-order valence-corrected chi connectivity index (χ2v) is 4.96. The predicted molar refractivity (Wildman–Crippen MR) is 69.3 cm³/mol. The quantitative estimate of drug-likeness (QED) is 0.666. The van der Waals surface area contributed by atoms with Crippen LogP contribution < -0.4 is 0 Å². The lowest BCUT2D eigenvalue weighted by Crippen LogP contribution is -2.25. The summed E-state index contributed by atoms with van der Waals surface area (Å²) in [6.45, 7) is 2.57. The van der Waals surface area contributed by atoms with Gasteiger partial charge in [-0.1, -0.05) is 19.1 Å². The van der Waals surface area contributed by atoms with Gasteiger partial charge in [0.15, 0.2) is 0 Å². The monoisotopic (exact) mass is 278 g/mol. The molecular formula is C13H14N2O5. The summed E-state index contributed by atoms with van der Waals surface area (Å²) >= 11 is 0. The zero-order valence-corrected chi connectivity index (χ0v) is 10.9. The van der Waals surface area contributed by atoms with Crippen molar-refractivity contribution in [3.05, 3.63) is 39.4 Å². The van der Waals surface area contributed by atoms with Gasteiger partial charge < -0.3 is 10.0 Å². The maximum Gasteiger partial charge on any atom is 0.343 e. The number of hydrogen-bond donors (Lipinski definition) is 1. The van der Waals surface area contributed by atoms with Gasteiger partial charge in [0.1, 0.15) is 5.56 Å². The van der Waals surface area contributed by atoms with Gasteiger partial charge in [-0.2, -0.15) is 0 Å². The summed E-state index contributed by atoms with van der Waals surface area (Å²) in [6.07, 6.45) is 0.428. The van der Waals surface area contributed by atoms with Crippen LogP contribution >= 0.6 is 0 Å². The second kappa shape index (κ2) is 5.28. The Kier molecular flexibility index (Phi) is 3.69. The van der Waals surface area contributed by atoms with E-state index in [-0.39, 0.29) is 29.5 Å². The lowest BCUT2D eigenvalue weighted by atomic mass is 10.0. The van der Waals surface area contributed by atoms with E-state index in [9.17, 15) is 24.8 Å². The third-order valence-electron chi connectivity index (χ3n) is 3.31. The van der Waals surface area contributed by atoms with Crippen molar-refractivity contribution in [2.75, 3.05) is 6.54 Å². The minimum atomic E-state index is -1.35. The first kappa shape index (κ1) is 14.0. The van der Waals surface area contributed by atoms with E-state index < -0.39 is 16.6 Å². The number of nitro benzene ring substituents is 1. The molecule has 1 aromatic rings. The number of likely N-dealkylation sites (tertiary alicyclic amines) is 1. The van der Waals surface area contributed by atoms with Gasteiger partial charge in [0.25, 0.3) is 5.69 Å². The van der Waals surface area contributed by atoms with Crippen molar-refractivity contribution in [2.24, 2.45) is 5.92 Å². The summed E-state index contributed by atoms with van der Waals surface area (Å²) in [5.41, 5.74) is -0.506. The lowest BCUT2D eigenvalue weighted by molar-refractivity contribution is -0.385. The molecule has 1 amide bonds. The minimum Gasteiger partial charge on any atom is -0.477 e. The molecule has 0 bridgehead atoms. The van der Waals surface area contributed by atoms with Gasteiger partial charge >= 0.3 is 5.97 Å². The number of rotatable bonds is 4. The molecule has 1 atom stereocenters. The average Bonchev–Trinajstić information content (AvgIpc) is 2.67. The fourth-order valence-corrected chi connectivity index (χ4v) is 2.45. The highest BCUT2D eigenvalue weighted by Crippen LogP contribution is 2.26. The Morgan fingerprint density at radius 3 is 2.75 bits per heavy atom. The van der Waals surface area contributed by atoms with Crippen LogP contribution in [0.1, 0.15) is 29.3 Å². The number of hydrogen-bond acceptors (Lipinski definition) is 4. The number of benzene rings is 1. The zero-order chi connectivity index (χ0) is 14.9. The molecule has 0 saturated carbocycles. The molecule has 106 valence electrons. The van der Waals surface area contributed by atoms with E-state index in [4.69, 9.17) is 0 Å². The molecule has 20 heavy (non-hydrogen) atoms. The molecular weight excluding hydrogens is 264 g/mol. The fourth-order valence-electron chi connectivity index (χ4n) is 2.45. The number of carboxylic acids is 1. The first-order valence-electron chi connectivity index (χ1n) is 6.17. The van der Waals surface area contributed by atoms with E-state index in [1.54, 1.807) is 0 Å². The first-order chi connectivity index (χ1) is 9.40. The van der Waals surface area contributed by atoms with Crippen molar-refractivity contribution in [2.45, 2.75) is 19.9 Å². The molecule has 1 saturated heterocycles. The van der Waals surface area contributed by atoms with Crippen molar-refractivity contribution in [3.8, 4) is 0 Å². The molecule has 0 aliphatic carbocycles. The largest absolute Gasteiger partial charge is 0.477 e. The molecule has 1 aliphatic rings. The van der Waals surface area contributed by atoms with Crippen LogP contribution in [0.2, 0.25) is 0 Å². The van der Waals surface area contributed by atoms with Crippen LogP contribution in [0.15, 0.2) is 18.2 Å². The molecule has 7 heteroatoms. The summed E-state index contributed by atoms with van der Waals surface area (Å²) < 4.78 is 0. The van der Waals surface area contributed by atoms with E-state index in [0.29, 0.717) is 13.0 Å². The number of nitrogens with zero attached hydrogens (tertiary/aromatic N) is 2. The van der Waals surface area contributed by atoms with Crippen molar-refractivity contribution < 1.29 is 19.6 Å². The summed E-state index contributed by atoms with van der Waals surface area (Å²) in [5, 5.41) is 20.1. The topological polar surface area (TPSA) is 101 Å². The van der Waals surface area contributed by atoms with Crippen LogP contribution in [0.5, 0.6) is 0 Å². The number of carboxylic acid groups (broad SMARTS) is 1. The maximum absolute atomic E-state index is 11.7. The smallest absolute Gasteiger partial charge is 0.343 e. The van der Waals surface area contributed by atoms with Gasteiger partial charge in [0.05, 0.1) is 4.92 Å². The zero-order valence-electron chi connectivity index (χ0n) is 10.9. The number of nitro groups is 1. The van der Waals surface area contributed by atoms with Gasteiger partial charge in [0.2, 0.25) is 5.91 Å². The van der Waals surface area contributed by atoms with E-state index >= 15 is 0 Å². The number of aromatic carboxylic acids is 1. The van der Waals surface area contributed by atoms with Gasteiger partial charge in [-0.3, -0.25) is 14.9 Å². The average molecular weight is 278 g/mol. The summed E-state index contributed by atoms with van der Waals surface area (Å²) in [5.74, 6) is -1.19. The van der Waals surface area contributed by atoms with Crippen molar-refractivity contribution in [1.29, 1.82) is 0 Å². The molecule has 1 fully saturated rings. The maximum atomic E-state index is 11.7. The Labute approximate surface area is 115 Å². The van der Waals surface area contributed by atoms with Crippen LogP contribution in [-0.4, -0.2) is 33.4 Å². The molecule has 7 nitrogen and oxygen atoms in total. The SMILES string of the molecule is CC1CC(=O)N(Cc2cccc([N+](=O)[O-])c2C(=O)O)C1. The molecule has 0 spiro atoms. The molecule has 0 radical (unpaired) electrons. The molecule has 1 aliphatic heterocycles. The number of amides is 1. The van der Waals surface area contributed by atoms with Gasteiger partial charge in [-0.15, -0.1) is 0 Å². The molecule has 1 heterocycles. The third kappa shape index (κ3) is 2.61. The molecule has 1 N–H and O–H groups in total. The van der Waals surface area contributed by atoms with E-state index in [1.807, 2.05) is 6.92 Å². The first-order valence-corrected chi connectivity index (χ1v) is 6.17. The Bertz CT molecular complexity index is 584. The van der Waals surface area contributed by atoms with Crippen LogP contribution in [0, 0.1) is 16.0 Å². The second-order valence-electron chi connectivity index (χ2n) is 4.96. The van der Waals surface area contributed by atoms with Gasteiger partial charge in [-0.25, -0.2) is 4.79 Å². The molecule has 2 rings (SSSR count). The molecule has 1 aromatic carbocycles. The normalized spacial score (nSPS) is 18.4. The Morgan fingerprint density at radius 1 is 1.55 bits per heavy atom.